The van der Waals surface area contributed by atoms with E-state index in [9.17, 15) is 4.79 Å². The quantitative estimate of drug-likeness (QED) is 0.737. The topological polar surface area (TPSA) is 65.2 Å². The molecule has 0 unspecified atom stereocenters. The van der Waals surface area contributed by atoms with Crippen LogP contribution in [-0.4, -0.2) is 16.1 Å². The van der Waals surface area contributed by atoms with Gasteiger partial charge in [0.25, 0.3) is 5.89 Å². The van der Waals surface area contributed by atoms with Crippen LogP contribution in [-0.2, 0) is 16.1 Å². The molecule has 5 nitrogen and oxygen atoms in total. The fourth-order valence-corrected chi connectivity index (χ4v) is 2.23. The molecule has 1 aromatic rings. The molecule has 0 spiro atoms. The Bertz CT molecular complexity index is 370. The zero-order chi connectivity index (χ0) is 12.1. The lowest BCUT2D eigenvalue weighted by molar-refractivity contribution is -0.146. The van der Waals surface area contributed by atoms with Crippen molar-refractivity contribution in [2.45, 2.75) is 52.1 Å². The molecule has 0 bridgehead atoms. The smallest absolute Gasteiger partial charge is 0.306 e. The zero-order valence-electron chi connectivity index (χ0n) is 10.1. The summed E-state index contributed by atoms with van der Waals surface area (Å²) in [5.74, 6) is 1.46. The number of esters is 1. The molecule has 5 heteroatoms. The van der Waals surface area contributed by atoms with E-state index in [2.05, 4.69) is 10.1 Å². The summed E-state index contributed by atoms with van der Waals surface area (Å²) in [6.07, 6.45) is 6.58. The number of carbonyl (C=O) groups excluding carboxylic acids is 1. The molecule has 0 aromatic carbocycles. The highest BCUT2D eigenvalue weighted by Gasteiger charge is 2.17. The standard InChI is InChI=1S/C12H18N2O3/c1-9-13-11(17-14-9)8-16-12(15)7-6-10-4-2-3-5-10/h10H,2-8H2,1H3. The summed E-state index contributed by atoms with van der Waals surface area (Å²) in [5, 5.41) is 3.63. The Balaban J connectivity index is 1.63. The average molecular weight is 238 g/mol. The minimum absolute atomic E-state index is 0.0876. The first-order chi connectivity index (χ1) is 8.24. The first-order valence-corrected chi connectivity index (χ1v) is 6.19. The molecule has 0 N–H and O–H groups in total. The van der Waals surface area contributed by atoms with E-state index >= 15 is 0 Å². The van der Waals surface area contributed by atoms with Crippen LogP contribution < -0.4 is 0 Å². The van der Waals surface area contributed by atoms with E-state index in [1.807, 2.05) is 0 Å². The molecular weight excluding hydrogens is 220 g/mol. The van der Waals surface area contributed by atoms with Gasteiger partial charge < -0.3 is 9.26 Å². The van der Waals surface area contributed by atoms with Crippen molar-refractivity contribution in [1.82, 2.24) is 10.1 Å². The van der Waals surface area contributed by atoms with E-state index in [1.165, 1.54) is 25.7 Å². The average Bonchev–Trinajstić information content (AvgIpc) is 2.95. The number of rotatable bonds is 5. The molecule has 0 radical (unpaired) electrons. The second-order valence-corrected chi connectivity index (χ2v) is 4.59. The number of aryl methyl sites for hydroxylation is 1. The van der Waals surface area contributed by atoms with Gasteiger partial charge in [-0.1, -0.05) is 30.8 Å². The lowest BCUT2D eigenvalue weighted by Gasteiger charge is -2.07. The van der Waals surface area contributed by atoms with E-state index in [0.717, 1.165) is 6.42 Å². The molecule has 1 fully saturated rings. The van der Waals surface area contributed by atoms with Crippen LogP contribution in [0.15, 0.2) is 4.52 Å². The summed E-state index contributed by atoms with van der Waals surface area (Å²) in [7, 11) is 0. The molecule has 1 aliphatic carbocycles. The Kier molecular flexibility index (Phi) is 4.12. The Labute approximate surface area is 101 Å². The largest absolute Gasteiger partial charge is 0.456 e. The monoisotopic (exact) mass is 238 g/mol. The fraction of sp³-hybridized carbons (Fsp3) is 0.750. The summed E-state index contributed by atoms with van der Waals surface area (Å²) >= 11 is 0. The van der Waals surface area contributed by atoms with Crippen molar-refractivity contribution >= 4 is 5.97 Å². The first-order valence-electron chi connectivity index (χ1n) is 6.19. The minimum atomic E-state index is -0.173. The fourth-order valence-electron chi connectivity index (χ4n) is 2.23. The molecule has 1 heterocycles. The molecule has 2 rings (SSSR count). The molecule has 0 atom stereocenters. The van der Waals surface area contributed by atoms with E-state index in [0.29, 0.717) is 24.1 Å². The van der Waals surface area contributed by atoms with E-state index in [4.69, 9.17) is 9.26 Å². The van der Waals surface area contributed by atoms with E-state index in [-0.39, 0.29) is 12.6 Å². The Morgan fingerprint density at radius 3 is 2.88 bits per heavy atom. The number of nitrogens with zero attached hydrogens (tertiary/aromatic N) is 2. The third-order valence-corrected chi connectivity index (χ3v) is 3.16. The predicted molar refractivity (Wildman–Crippen MR) is 60.0 cm³/mol. The maximum atomic E-state index is 11.5. The molecule has 0 amide bonds. The number of hydrogen-bond acceptors (Lipinski definition) is 5. The van der Waals surface area contributed by atoms with Gasteiger partial charge in [-0.3, -0.25) is 4.79 Å². The van der Waals surface area contributed by atoms with Gasteiger partial charge in [-0.2, -0.15) is 4.98 Å². The van der Waals surface area contributed by atoms with Crippen molar-refractivity contribution < 1.29 is 14.1 Å². The second kappa shape index (κ2) is 5.80. The van der Waals surface area contributed by atoms with Crippen molar-refractivity contribution in [3.63, 3.8) is 0 Å². The number of aromatic nitrogens is 2. The van der Waals surface area contributed by atoms with Crippen molar-refractivity contribution in [1.29, 1.82) is 0 Å². The van der Waals surface area contributed by atoms with Gasteiger partial charge in [0, 0.05) is 6.42 Å². The van der Waals surface area contributed by atoms with Crippen LogP contribution in [0.4, 0.5) is 0 Å². The maximum absolute atomic E-state index is 11.5. The summed E-state index contributed by atoms with van der Waals surface area (Å²) in [5.41, 5.74) is 0. The van der Waals surface area contributed by atoms with Crippen molar-refractivity contribution in [3.8, 4) is 0 Å². The van der Waals surface area contributed by atoms with Crippen molar-refractivity contribution in [2.24, 2.45) is 5.92 Å². The van der Waals surface area contributed by atoms with Crippen LogP contribution in [0.25, 0.3) is 0 Å². The normalized spacial score (nSPS) is 16.3. The van der Waals surface area contributed by atoms with Gasteiger partial charge in [-0.05, 0) is 19.3 Å². The molecule has 0 saturated heterocycles. The number of ether oxygens (including phenoxy) is 1. The van der Waals surface area contributed by atoms with Crippen molar-refractivity contribution in [2.75, 3.05) is 0 Å². The molecule has 1 aliphatic rings. The lowest BCUT2D eigenvalue weighted by Crippen LogP contribution is -2.07. The summed E-state index contributed by atoms with van der Waals surface area (Å²) in [4.78, 5) is 15.4. The van der Waals surface area contributed by atoms with Gasteiger partial charge in [0.05, 0.1) is 0 Å². The molecule has 94 valence electrons. The van der Waals surface area contributed by atoms with Crippen LogP contribution in [0.1, 0.15) is 50.2 Å². The van der Waals surface area contributed by atoms with E-state index < -0.39 is 0 Å². The van der Waals surface area contributed by atoms with Gasteiger partial charge >= 0.3 is 5.97 Å². The van der Waals surface area contributed by atoms with E-state index in [1.54, 1.807) is 6.92 Å². The molecule has 1 aromatic heterocycles. The highest BCUT2D eigenvalue weighted by Crippen LogP contribution is 2.28. The van der Waals surface area contributed by atoms with Gasteiger partial charge in [-0.15, -0.1) is 0 Å². The highest BCUT2D eigenvalue weighted by atomic mass is 16.6. The summed E-state index contributed by atoms with van der Waals surface area (Å²) < 4.78 is 9.92. The summed E-state index contributed by atoms with van der Waals surface area (Å²) in [6.45, 7) is 1.82. The Hall–Kier alpha value is -1.39. The third kappa shape index (κ3) is 3.84. The van der Waals surface area contributed by atoms with Crippen molar-refractivity contribution in [3.05, 3.63) is 11.7 Å². The van der Waals surface area contributed by atoms with Crippen LogP contribution >= 0.6 is 0 Å². The van der Waals surface area contributed by atoms with Crippen LogP contribution in [0.5, 0.6) is 0 Å². The molecule has 1 saturated carbocycles. The number of carbonyl (C=O) groups is 1. The van der Waals surface area contributed by atoms with Crippen LogP contribution in [0, 0.1) is 12.8 Å². The SMILES string of the molecule is Cc1noc(COC(=O)CCC2CCCC2)n1. The Morgan fingerprint density at radius 1 is 1.47 bits per heavy atom. The first kappa shape index (κ1) is 12.1. The molecule has 0 aliphatic heterocycles. The second-order valence-electron chi connectivity index (χ2n) is 4.59. The Morgan fingerprint density at radius 2 is 2.24 bits per heavy atom. The highest BCUT2D eigenvalue weighted by molar-refractivity contribution is 5.69. The zero-order valence-corrected chi connectivity index (χ0v) is 10.1. The van der Waals surface area contributed by atoms with Gasteiger partial charge in [-0.25, -0.2) is 0 Å². The maximum Gasteiger partial charge on any atom is 0.306 e. The lowest BCUT2D eigenvalue weighted by atomic mass is 10.0. The predicted octanol–water partition coefficient (Wildman–Crippen LogP) is 2.39. The van der Waals surface area contributed by atoms with Crippen LogP contribution in [0.3, 0.4) is 0 Å². The third-order valence-electron chi connectivity index (χ3n) is 3.16. The van der Waals surface area contributed by atoms with Crippen LogP contribution in [0.2, 0.25) is 0 Å². The number of hydrogen-bond donors (Lipinski definition) is 0. The van der Waals surface area contributed by atoms with Gasteiger partial charge in [0.2, 0.25) is 0 Å². The van der Waals surface area contributed by atoms with Gasteiger partial charge in [0.1, 0.15) is 0 Å². The van der Waals surface area contributed by atoms with Gasteiger partial charge in [0.15, 0.2) is 12.4 Å². The summed E-state index contributed by atoms with van der Waals surface area (Å²) in [6, 6.07) is 0. The minimum Gasteiger partial charge on any atom is -0.456 e. The molecule has 17 heavy (non-hydrogen) atoms. The molecular formula is C12H18N2O3.